The number of nitrogens with zero attached hydrogens (tertiary/aromatic N) is 2. The molecule has 1 N–H and O–H groups in total. The molecule has 1 aromatic carbocycles. The van der Waals surface area contributed by atoms with Gasteiger partial charge in [0.1, 0.15) is 0 Å². The third-order valence-electron chi connectivity index (χ3n) is 3.40. The Hall–Kier alpha value is -1.03. The van der Waals surface area contributed by atoms with E-state index in [1.165, 1.54) is 0 Å². The predicted octanol–water partition coefficient (Wildman–Crippen LogP) is 4.61. The van der Waals surface area contributed by atoms with E-state index in [0.717, 1.165) is 41.5 Å². The number of rotatable bonds is 6. The molecule has 1 aromatic heterocycles. The average Bonchev–Trinajstić information content (AvgIpc) is 2.84. The van der Waals surface area contributed by atoms with E-state index in [9.17, 15) is 0 Å². The van der Waals surface area contributed by atoms with E-state index in [4.69, 9.17) is 23.2 Å². The molecule has 21 heavy (non-hydrogen) atoms. The van der Waals surface area contributed by atoms with Crippen LogP contribution < -0.4 is 5.32 Å². The van der Waals surface area contributed by atoms with Crippen LogP contribution in [0, 0.1) is 6.92 Å². The Balaban J connectivity index is 2.49. The standard InChI is InChI=1S/C16H21Cl2N3/c1-4-8-19-16(13-10-12(17)6-7-14(13)18)15-9-11(3)20-21(15)5-2/h6-7,9-10,16,19H,4-5,8H2,1-3H3. The largest absolute Gasteiger partial charge is 0.305 e. The number of benzene rings is 1. The van der Waals surface area contributed by atoms with Crippen molar-refractivity contribution in [1.29, 1.82) is 0 Å². The first-order valence-corrected chi connectivity index (χ1v) is 8.05. The molecule has 114 valence electrons. The summed E-state index contributed by atoms with van der Waals surface area (Å²) in [5, 5.41) is 9.50. The van der Waals surface area contributed by atoms with Gasteiger partial charge in [-0.25, -0.2) is 0 Å². The SMILES string of the molecule is CCCNC(c1cc(Cl)ccc1Cl)c1cc(C)nn1CC. The first-order chi connectivity index (χ1) is 10.1. The Morgan fingerprint density at radius 1 is 1.24 bits per heavy atom. The minimum Gasteiger partial charge on any atom is -0.305 e. The van der Waals surface area contributed by atoms with Gasteiger partial charge in [0, 0.05) is 16.6 Å². The van der Waals surface area contributed by atoms with Crippen LogP contribution in [0.15, 0.2) is 24.3 Å². The Kier molecular flexibility index (Phi) is 5.68. The first-order valence-electron chi connectivity index (χ1n) is 7.29. The Bertz CT molecular complexity index is 608. The lowest BCUT2D eigenvalue weighted by molar-refractivity contribution is 0.529. The second-order valence-corrected chi connectivity index (χ2v) is 5.92. The Morgan fingerprint density at radius 2 is 2.00 bits per heavy atom. The number of hydrogen-bond donors (Lipinski definition) is 1. The van der Waals surface area contributed by atoms with Crippen molar-refractivity contribution >= 4 is 23.2 Å². The minimum atomic E-state index is -0.00250. The van der Waals surface area contributed by atoms with Crippen LogP contribution in [0.1, 0.15) is 43.3 Å². The van der Waals surface area contributed by atoms with Crippen LogP contribution in [0.2, 0.25) is 10.0 Å². The molecule has 0 aliphatic heterocycles. The molecular weight excluding hydrogens is 305 g/mol. The number of halogens is 2. The molecule has 3 nitrogen and oxygen atoms in total. The fourth-order valence-corrected chi connectivity index (χ4v) is 2.86. The maximum Gasteiger partial charge on any atom is 0.0763 e. The molecule has 5 heteroatoms. The third-order valence-corrected chi connectivity index (χ3v) is 3.98. The van der Waals surface area contributed by atoms with E-state index in [-0.39, 0.29) is 6.04 Å². The Morgan fingerprint density at radius 3 is 2.67 bits per heavy atom. The molecule has 0 amide bonds. The highest BCUT2D eigenvalue weighted by Gasteiger charge is 2.21. The van der Waals surface area contributed by atoms with Gasteiger partial charge in [-0.1, -0.05) is 30.1 Å². The summed E-state index contributed by atoms with van der Waals surface area (Å²) in [7, 11) is 0. The third kappa shape index (κ3) is 3.79. The van der Waals surface area contributed by atoms with Crippen LogP contribution in [0.3, 0.4) is 0 Å². The molecule has 0 bridgehead atoms. The number of hydrogen-bond acceptors (Lipinski definition) is 2. The molecule has 2 aromatic rings. The van der Waals surface area contributed by atoms with E-state index in [0.29, 0.717) is 5.02 Å². The van der Waals surface area contributed by atoms with Crippen molar-refractivity contribution in [3.8, 4) is 0 Å². The molecule has 1 unspecified atom stereocenters. The highest BCUT2D eigenvalue weighted by Crippen LogP contribution is 2.31. The maximum atomic E-state index is 6.39. The van der Waals surface area contributed by atoms with Crippen LogP contribution in [-0.2, 0) is 6.54 Å². The number of aryl methyl sites for hydroxylation is 2. The summed E-state index contributed by atoms with van der Waals surface area (Å²) < 4.78 is 2.01. The highest BCUT2D eigenvalue weighted by molar-refractivity contribution is 6.33. The lowest BCUT2D eigenvalue weighted by Crippen LogP contribution is -2.26. The fraction of sp³-hybridized carbons (Fsp3) is 0.438. The second-order valence-electron chi connectivity index (χ2n) is 5.08. The summed E-state index contributed by atoms with van der Waals surface area (Å²) in [6.07, 6.45) is 1.05. The molecule has 0 aliphatic rings. The average molecular weight is 326 g/mol. The zero-order chi connectivity index (χ0) is 15.4. The summed E-state index contributed by atoms with van der Waals surface area (Å²) in [4.78, 5) is 0. The molecule has 1 atom stereocenters. The van der Waals surface area contributed by atoms with Gasteiger partial charge < -0.3 is 5.32 Å². The molecule has 0 saturated heterocycles. The van der Waals surface area contributed by atoms with Gasteiger partial charge in [-0.05, 0) is 56.6 Å². The van der Waals surface area contributed by atoms with Crippen LogP contribution in [0.25, 0.3) is 0 Å². The van der Waals surface area contributed by atoms with E-state index in [1.54, 1.807) is 0 Å². The first kappa shape index (κ1) is 16.3. The highest BCUT2D eigenvalue weighted by atomic mass is 35.5. The van der Waals surface area contributed by atoms with E-state index in [1.807, 2.05) is 29.8 Å². The summed E-state index contributed by atoms with van der Waals surface area (Å²) >= 11 is 12.5. The van der Waals surface area contributed by atoms with Crippen LogP contribution in [-0.4, -0.2) is 16.3 Å². The minimum absolute atomic E-state index is 0.00250. The van der Waals surface area contributed by atoms with Crippen molar-refractivity contribution in [2.45, 2.75) is 39.8 Å². The van der Waals surface area contributed by atoms with Crippen molar-refractivity contribution in [2.75, 3.05) is 6.54 Å². The molecule has 1 heterocycles. The van der Waals surface area contributed by atoms with Gasteiger partial charge in [0.25, 0.3) is 0 Å². The Labute approximate surface area is 136 Å². The molecule has 0 radical (unpaired) electrons. The normalized spacial score (nSPS) is 12.6. The topological polar surface area (TPSA) is 29.9 Å². The van der Waals surface area contributed by atoms with Crippen molar-refractivity contribution in [2.24, 2.45) is 0 Å². The van der Waals surface area contributed by atoms with Gasteiger partial charge in [0.05, 0.1) is 17.4 Å². The van der Waals surface area contributed by atoms with Crippen molar-refractivity contribution < 1.29 is 0 Å². The van der Waals surface area contributed by atoms with Crippen molar-refractivity contribution in [1.82, 2.24) is 15.1 Å². The molecule has 2 rings (SSSR count). The zero-order valence-electron chi connectivity index (χ0n) is 12.7. The van der Waals surface area contributed by atoms with Crippen LogP contribution >= 0.6 is 23.2 Å². The lowest BCUT2D eigenvalue weighted by Gasteiger charge is -2.21. The van der Waals surface area contributed by atoms with Crippen LogP contribution in [0.4, 0.5) is 0 Å². The quantitative estimate of drug-likeness (QED) is 0.840. The van der Waals surface area contributed by atoms with Gasteiger partial charge in [0.15, 0.2) is 0 Å². The van der Waals surface area contributed by atoms with Crippen molar-refractivity contribution in [3.63, 3.8) is 0 Å². The summed E-state index contributed by atoms with van der Waals surface area (Å²) in [6.45, 7) is 7.97. The molecule has 0 spiro atoms. The predicted molar refractivity (Wildman–Crippen MR) is 89.2 cm³/mol. The summed E-state index contributed by atoms with van der Waals surface area (Å²) in [6, 6.07) is 7.69. The van der Waals surface area contributed by atoms with E-state index >= 15 is 0 Å². The molecular formula is C16H21Cl2N3. The van der Waals surface area contributed by atoms with Crippen molar-refractivity contribution in [3.05, 3.63) is 51.3 Å². The number of nitrogens with one attached hydrogen (secondary N) is 1. The van der Waals surface area contributed by atoms with Gasteiger partial charge in [-0.2, -0.15) is 5.10 Å². The zero-order valence-corrected chi connectivity index (χ0v) is 14.2. The molecule has 0 fully saturated rings. The van der Waals surface area contributed by atoms with Gasteiger partial charge in [-0.3, -0.25) is 4.68 Å². The van der Waals surface area contributed by atoms with Gasteiger partial charge in [-0.15, -0.1) is 0 Å². The molecule has 0 aliphatic carbocycles. The molecule has 0 saturated carbocycles. The van der Waals surface area contributed by atoms with Gasteiger partial charge in [0.2, 0.25) is 0 Å². The van der Waals surface area contributed by atoms with E-state index < -0.39 is 0 Å². The summed E-state index contributed by atoms with van der Waals surface area (Å²) in [5.74, 6) is 0. The maximum absolute atomic E-state index is 6.39. The van der Waals surface area contributed by atoms with Gasteiger partial charge >= 0.3 is 0 Å². The summed E-state index contributed by atoms with van der Waals surface area (Å²) in [5.41, 5.74) is 3.12. The number of aromatic nitrogens is 2. The smallest absolute Gasteiger partial charge is 0.0763 e. The lowest BCUT2D eigenvalue weighted by atomic mass is 10.0. The van der Waals surface area contributed by atoms with Crippen LogP contribution in [0.5, 0.6) is 0 Å². The fourth-order valence-electron chi connectivity index (χ4n) is 2.45. The van der Waals surface area contributed by atoms with E-state index in [2.05, 4.69) is 30.3 Å². The second kappa shape index (κ2) is 7.30. The monoisotopic (exact) mass is 325 g/mol.